The molecule has 0 radical (unpaired) electrons. The Balaban J connectivity index is 1.62. The molecule has 0 aliphatic carbocycles. The highest BCUT2D eigenvalue weighted by atomic mass is 16.3. The minimum absolute atomic E-state index is 0.0922. The third-order valence-corrected chi connectivity index (χ3v) is 4.40. The van der Waals surface area contributed by atoms with E-state index in [-0.39, 0.29) is 23.3 Å². The maximum absolute atomic E-state index is 12.4. The molecule has 0 saturated carbocycles. The Hall–Kier alpha value is -2.40. The zero-order valence-corrected chi connectivity index (χ0v) is 12.8. The van der Waals surface area contributed by atoms with E-state index in [1.54, 1.807) is 11.0 Å². The summed E-state index contributed by atoms with van der Waals surface area (Å²) in [5.41, 5.74) is 1.01. The average Bonchev–Trinajstić information content (AvgIpc) is 2.62. The second kappa shape index (κ2) is 6.79. The average molecular weight is 312 g/mol. The van der Waals surface area contributed by atoms with Gasteiger partial charge in [-0.05, 0) is 36.5 Å². The summed E-state index contributed by atoms with van der Waals surface area (Å²) < 4.78 is 0. The first-order chi connectivity index (χ1) is 11.2. The van der Waals surface area contributed by atoms with Gasteiger partial charge in [0.25, 0.3) is 5.91 Å². The molecule has 1 fully saturated rings. The lowest BCUT2D eigenvalue weighted by molar-refractivity contribution is 0.0456. The number of aromatic nitrogens is 1. The van der Waals surface area contributed by atoms with Gasteiger partial charge in [0, 0.05) is 19.3 Å². The van der Waals surface area contributed by atoms with Gasteiger partial charge in [0.1, 0.15) is 5.75 Å². The first kappa shape index (κ1) is 15.5. The van der Waals surface area contributed by atoms with Crippen molar-refractivity contribution in [2.45, 2.75) is 18.9 Å². The summed E-state index contributed by atoms with van der Waals surface area (Å²) in [6.07, 6.45) is 2.46. The summed E-state index contributed by atoms with van der Waals surface area (Å²) in [5.74, 6) is -0.210. The number of aliphatic hydroxyl groups is 1. The quantitative estimate of drug-likeness (QED) is 0.912. The Morgan fingerprint density at radius 1 is 1.13 bits per heavy atom. The van der Waals surface area contributed by atoms with Crippen LogP contribution in [0.4, 0.5) is 0 Å². The monoisotopic (exact) mass is 312 g/mol. The number of hydrogen-bond acceptors (Lipinski definition) is 4. The third-order valence-electron chi connectivity index (χ3n) is 4.40. The summed E-state index contributed by atoms with van der Waals surface area (Å²) >= 11 is 0. The highest BCUT2D eigenvalue weighted by Gasteiger charge is 2.29. The van der Waals surface area contributed by atoms with Crippen LogP contribution in [0.2, 0.25) is 0 Å². The maximum atomic E-state index is 12.4. The molecule has 120 valence electrons. The van der Waals surface area contributed by atoms with Crippen LogP contribution in [0.5, 0.6) is 5.75 Å². The van der Waals surface area contributed by atoms with E-state index in [9.17, 15) is 15.0 Å². The normalized spacial score (nSPS) is 17.0. The molecular weight excluding hydrogens is 292 g/mol. The fourth-order valence-electron chi connectivity index (χ4n) is 3.05. The van der Waals surface area contributed by atoms with Gasteiger partial charge in [0.15, 0.2) is 5.69 Å². The van der Waals surface area contributed by atoms with E-state index in [2.05, 4.69) is 4.98 Å². The fraction of sp³-hybridized carbons (Fsp3) is 0.333. The Bertz CT molecular complexity index is 667. The van der Waals surface area contributed by atoms with E-state index >= 15 is 0 Å². The summed E-state index contributed by atoms with van der Waals surface area (Å²) in [7, 11) is 0. The van der Waals surface area contributed by atoms with Crippen LogP contribution in [-0.2, 0) is 0 Å². The summed E-state index contributed by atoms with van der Waals surface area (Å²) in [6.45, 7) is 1.12. The van der Waals surface area contributed by atoms with Crippen molar-refractivity contribution < 1.29 is 15.0 Å². The first-order valence-electron chi connectivity index (χ1n) is 7.83. The molecule has 1 aliphatic heterocycles. The third kappa shape index (κ3) is 3.35. The highest BCUT2D eigenvalue weighted by molar-refractivity contribution is 5.94. The zero-order valence-electron chi connectivity index (χ0n) is 12.8. The Morgan fingerprint density at radius 3 is 2.48 bits per heavy atom. The van der Waals surface area contributed by atoms with Crippen LogP contribution in [0.15, 0.2) is 48.7 Å². The van der Waals surface area contributed by atoms with E-state index in [0.717, 1.165) is 18.4 Å². The SMILES string of the molecule is O=C(c1ncccc1O)N1CCC(C(O)c2ccccc2)CC1. The van der Waals surface area contributed by atoms with Gasteiger partial charge in [0.2, 0.25) is 0 Å². The predicted molar refractivity (Wildman–Crippen MR) is 85.9 cm³/mol. The molecule has 1 aromatic heterocycles. The molecule has 2 N–H and O–H groups in total. The molecule has 5 heteroatoms. The molecule has 0 spiro atoms. The number of nitrogens with zero attached hydrogens (tertiary/aromatic N) is 2. The van der Waals surface area contributed by atoms with Crippen molar-refractivity contribution in [1.29, 1.82) is 0 Å². The van der Waals surface area contributed by atoms with E-state index in [0.29, 0.717) is 13.1 Å². The Kier molecular flexibility index (Phi) is 4.57. The number of rotatable bonds is 3. The van der Waals surface area contributed by atoms with Crippen LogP contribution in [0, 0.1) is 5.92 Å². The van der Waals surface area contributed by atoms with Crippen LogP contribution in [0.3, 0.4) is 0 Å². The van der Waals surface area contributed by atoms with Crippen LogP contribution in [0.1, 0.15) is 35.0 Å². The van der Waals surface area contributed by atoms with Crippen LogP contribution < -0.4 is 0 Å². The van der Waals surface area contributed by atoms with Gasteiger partial charge in [-0.2, -0.15) is 0 Å². The number of aromatic hydroxyl groups is 1. The second-order valence-corrected chi connectivity index (χ2v) is 5.86. The van der Waals surface area contributed by atoms with Crippen molar-refractivity contribution in [3.05, 3.63) is 59.9 Å². The fourth-order valence-corrected chi connectivity index (χ4v) is 3.05. The number of carbonyl (C=O) groups is 1. The van der Waals surface area contributed by atoms with Crippen molar-refractivity contribution >= 4 is 5.91 Å². The van der Waals surface area contributed by atoms with Crippen LogP contribution in [-0.4, -0.2) is 39.1 Å². The van der Waals surface area contributed by atoms with Gasteiger partial charge in [-0.25, -0.2) is 4.98 Å². The number of pyridine rings is 1. The van der Waals surface area contributed by atoms with Gasteiger partial charge in [-0.3, -0.25) is 4.79 Å². The molecule has 23 heavy (non-hydrogen) atoms. The molecule has 2 heterocycles. The highest BCUT2D eigenvalue weighted by Crippen LogP contribution is 2.31. The van der Waals surface area contributed by atoms with Crippen molar-refractivity contribution in [3.8, 4) is 5.75 Å². The number of likely N-dealkylation sites (tertiary alicyclic amines) is 1. The largest absolute Gasteiger partial charge is 0.505 e. The number of carbonyl (C=O) groups excluding carboxylic acids is 1. The van der Waals surface area contributed by atoms with Gasteiger partial charge < -0.3 is 15.1 Å². The van der Waals surface area contributed by atoms with Crippen molar-refractivity contribution in [2.24, 2.45) is 5.92 Å². The van der Waals surface area contributed by atoms with Crippen molar-refractivity contribution in [2.75, 3.05) is 13.1 Å². The molecule has 5 nitrogen and oxygen atoms in total. The number of benzene rings is 1. The molecule has 3 rings (SSSR count). The standard InChI is InChI=1S/C18H20N2O3/c21-15-7-4-10-19-16(15)18(23)20-11-8-14(9-12-20)17(22)13-5-2-1-3-6-13/h1-7,10,14,17,21-22H,8-9,11-12H2. The van der Waals surface area contributed by atoms with Gasteiger partial charge >= 0.3 is 0 Å². The lowest BCUT2D eigenvalue weighted by Crippen LogP contribution is -2.40. The number of amides is 1. The van der Waals surface area contributed by atoms with Crippen molar-refractivity contribution in [1.82, 2.24) is 9.88 Å². The Labute approximate surface area is 135 Å². The summed E-state index contributed by atoms with van der Waals surface area (Å²) in [6, 6.07) is 12.7. The molecule has 1 aliphatic rings. The van der Waals surface area contributed by atoms with Crippen molar-refractivity contribution in [3.63, 3.8) is 0 Å². The molecule has 1 atom stereocenters. The van der Waals surface area contributed by atoms with E-state index in [1.165, 1.54) is 12.3 Å². The molecule has 1 unspecified atom stereocenters. The predicted octanol–water partition coefficient (Wildman–Crippen LogP) is 2.37. The van der Waals surface area contributed by atoms with Crippen LogP contribution >= 0.6 is 0 Å². The zero-order chi connectivity index (χ0) is 16.2. The maximum Gasteiger partial charge on any atom is 0.276 e. The summed E-state index contributed by atoms with van der Waals surface area (Å²) in [4.78, 5) is 18.1. The summed E-state index contributed by atoms with van der Waals surface area (Å²) in [5, 5.41) is 20.2. The minimum Gasteiger partial charge on any atom is -0.505 e. The second-order valence-electron chi connectivity index (χ2n) is 5.86. The number of aliphatic hydroxyl groups excluding tert-OH is 1. The molecule has 1 amide bonds. The molecule has 2 aromatic rings. The number of hydrogen-bond donors (Lipinski definition) is 2. The van der Waals surface area contributed by atoms with E-state index in [4.69, 9.17) is 0 Å². The molecule has 0 bridgehead atoms. The topological polar surface area (TPSA) is 73.7 Å². The molecular formula is C18H20N2O3. The molecule has 1 saturated heterocycles. The molecule has 1 aromatic carbocycles. The lowest BCUT2D eigenvalue weighted by Gasteiger charge is -2.34. The van der Waals surface area contributed by atoms with E-state index < -0.39 is 6.10 Å². The number of piperidine rings is 1. The van der Waals surface area contributed by atoms with Gasteiger partial charge in [-0.1, -0.05) is 30.3 Å². The minimum atomic E-state index is -0.503. The van der Waals surface area contributed by atoms with Crippen LogP contribution in [0.25, 0.3) is 0 Å². The van der Waals surface area contributed by atoms with Gasteiger partial charge in [-0.15, -0.1) is 0 Å². The van der Waals surface area contributed by atoms with E-state index in [1.807, 2.05) is 30.3 Å². The Morgan fingerprint density at radius 2 is 1.83 bits per heavy atom. The lowest BCUT2D eigenvalue weighted by atomic mass is 9.87. The smallest absolute Gasteiger partial charge is 0.276 e. The first-order valence-corrected chi connectivity index (χ1v) is 7.83. The van der Waals surface area contributed by atoms with Gasteiger partial charge in [0.05, 0.1) is 6.10 Å².